The molecule has 0 saturated heterocycles. The molecule has 0 N–H and O–H groups in total. The average Bonchev–Trinajstić information content (AvgIpc) is 2.38. The monoisotopic (exact) mass is 264 g/mol. The maximum atomic E-state index is 11.4. The van der Waals surface area contributed by atoms with Crippen molar-refractivity contribution in [1.82, 2.24) is 0 Å². The van der Waals surface area contributed by atoms with Crippen molar-refractivity contribution >= 4 is 27.5 Å². The van der Waals surface area contributed by atoms with Crippen molar-refractivity contribution in [2.24, 2.45) is 0 Å². The summed E-state index contributed by atoms with van der Waals surface area (Å²) in [5, 5.41) is 4.14. The molecule has 0 fully saturated rings. The summed E-state index contributed by atoms with van der Waals surface area (Å²) in [7, 11) is 0. The van der Waals surface area contributed by atoms with Gasteiger partial charge in [0.05, 0.1) is 0 Å². The standard InChI is InChI=1S/C18H16O2/c1-11-5-7-16-15(8-11)10-14-6-4-12(2)9-17(14)18(16)20-13(3)19/h4-10H,1-3H3. The summed E-state index contributed by atoms with van der Waals surface area (Å²) in [5.74, 6) is 0.370. The van der Waals surface area contributed by atoms with Gasteiger partial charge in [-0.05, 0) is 36.8 Å². The molecule has 0 aliphatic rings. The Hall–Kier alpha value is -2.35. The number of carbonyl (C=O) groups excluding carboxylic acids is 1. The lowest BCUT2D eigenvalue weighted by molar-refractivity contribution is -0.131. The summed E-state index contributed by atoms with van der Waals surface area (Å²) in [4.78, 5) is 11.4. The van der Waals surface area contributed by atoms with Gasteiger partial charge in [-0.25, -0.2) is 0 Å². The van der Waals surface area contributed by atoms with Gasteiger partial charge in [0.25, 0.3) is 0 Å². The number of aryl methyl sites for hydroxylation is 2. The number of rotatable bonds is 1. The van der Waals surface area contributed by atoms with Gasteiger partial charge in [-0.2, -0.15) is 0 Å². The van der Waals surface area contributed by atoms with Gasteiger partial charge < -0.3 is 4.74 Å². The zero-order chi connectivity index (χ0) is 14.3. The van der Waals surface area contributed by atoms with E-state index in [-0.39, 0.29) is 5.97 Å². The van der Waals surface area contributed by atoms with Crippen molar-refractivity contribution in [2.45, 2.75) is 20.8 Å². The quantitative estimate of drug-likeness (QED) is 0.366. The normalized spacial score (nSPS) is 10.9. The molecule has 2 nitrogen and oxygen atoms in total. The van der Waals surface area contributed by atoms with Crippen molar-refractivity contribution in [2.75, 3.05) is 0 Å². The van der Waals surface area contributed by atoms with E-state index in [1.807, 2.05) is 19.1 Å². The minimum Gasteiger partial charge on any atom is -0.425 e. The van der Waals surface area contributed by atoms with Crippen LogP contribution in [0.15, 0.2) is 42.5 Å². The van der Waals surface area contributed by atoms with Crippen LogP contribution in [0.1, 0.15) is 18.1 Å². The fraction of sp³-hybridized carbons (Fsp3) is 0.167. The maximum absolute atomic E-state index is 11.4. The second-order valence-electron chi connectivity index (χ2n) is 5.25. The SMILES string of the molecule is CC(=O)Oc1c2ccc(C)cc2cc2ccc(C)cc12. The van der Waals surface area contributed by atoms with Gasteiger partial charge in [0.1, 0.15) is 5.75 Å². The van der Waals surface area contributed by atoms with Crippen molar-refractivity contribution < 1.29 is 9.53 Å². The van der Waals surface area contributed by atoms with Crippen molar-refractivity contribution in [3.63, 3.8) is 0 Å². The molecule has 3 rings (SSSR count). The van der Waals surface area contributed by atoms with E-state index in [4.69, 9.17) is 4.74 Å². The highest BCUT2D eigenvalue weighted by atomic mass is 16.5. The molecule has 0 radical (unpaired) electrons. The van der Waals surface area contributed by atoms with E-state index in [0.29, 0.717) is 5.75 Å². The Morgan fingerprint density at radius 3 is 2.30 bits per heavy atom. The van der Waals surface area contributed by atoms with E-state index in [9.17, 15) is 4.79 Å². The van der Waals surface area contributed by atoms with Crippen LogP contribution >= 0.6 is 0 Å². The molecule has 100 valence electrons. The number of ether oxygens (including phenoxy) is 1. The lowest BCUT2D eigenvalue weighted by Crippen LogP contribution is -2.02. The Balaban J connectivity index is 2.45. The molecule has 0 unspecified atom stereocenters. The molecule has 3 aromatic carbocycles. The number of esters is 1. The summed E-state index contributed by atoms with van der Waals surface area (Å²) < 4.78 is 5.50. The molecule has 0 spiro atoms. The Bertz CT molecular complexity index is 832. The first-order valence-electron chi connectivity index (χ1n) is 6.67. The van der Waals surface area contributed by atoms with Crippen LogP contribution in [0.3, 0.4) is 0 Å². The molecular weight excluding hydrogens is 248 g/mol. The topological polar surface area (TPSA) is 26.3 Å². The van der Waals surface area contributed by atoms with Crippen LogP contribution in [-0.2, 0) is 4.79 Å². The van der Waals surface area contributed by atoms with E-state index in [0.717, 1.165) is 27.1 Å². The molecule has 0 aliphatic carbocycles. The number of hydrogen-bond acceptors (Lipinski definition) is 2. The molecule has 2 heteroatoms. The predicted octanol–water partition coefficient (Wildman–Crippen LogP) is 4.54. The van der Waals surface area contributed by atoms with E-state index in [1.165, 1.54) is 12.5 Å². The molecule has 20 heavy (non-hydrogen) atoms. The number of benzene rings is 3. The third kappa shape index (κ3) is 2.14. The molecule has 0 atom stereocenters. The van der Waals surface area contributed by atoms with Crippen molar-refractivity contribution in [1.29, 1.82) is 0 Å². The summed E-state index contributed by atoms with van der Waals surface area (Å²) in [5.41, 5.74) is 2.34. The smallest absolute Gasteiger partial charge is 0.308 e. The maximum Gasteiger partial charge on any atom is 0.308 e. The van der Waals surface area contributed by atoms with Crippen LogP contribution in [0.4, 0.5) is 0 Å². The van der Waals surface area contributed by atoms with Gasteiger partial charge in [-0.3, -0.25) is 4.79 Å². The Morgan fingerprint density at radius 1 is 0.850 bits per heavy atom. The second kappa shape index (κ2) is 4.64. The number of fused-ring (bicyclic) bond motifs is 2. The second-order valence-corrected chi connectivity index (χ2v) is 5.25. The third-order valence-corrected chi connectivity index (χ3v) is 3.46. The lowest BCUT2D eigenvalue weighted by atomic mass is 9.99. The highest BCUT2D eigenvalue weighted by molar-refractivity contribution is 6.06. The van der Waals surface area contributed by atoms with Crippen LogP contribution in [-0.4, -0.2) is 5.97 Å². The molecule has 0 saturated carbocycles. The molecular formula is C18H16O2. The third-order valence-electron chi connectivity index (χ3n) is 3.46. The summed E-state index contributed by atoms with van der Waals surface area (Å²) in [6, 6.07) is 14.5. The van der Waals surface area contributed by atoms with E-state index in [1.54, 1.807) is 0 Å². The minimum atomic E-state index is -0.291. The highest BCUT2D eigenvalue weighted by Gasteiger charge is 2.11. The first kappa shape index (κ1) is 12.7. The molecule has 0 aliphatic heterocycles. The van der Waals surface area contributed by atoms with Gasteiger partial charge in [0.2, 0.25) is 0 Å². The Kier molecular flexibility index (Phi) is 2.94. The number of hydrogen-bond donors (Lipinski definition) is 0. The van der Waals surface area contributed by atoms with Gasteiger partial charge in [-0.1, -0.05) is 41.5 Å². The van der Waals surface area contributed by atoms with Crippen molar-refractivity contribution in [3.8, 4) is 5.75 Å². The van der Waals surface area contributed by atoms with E-state index >= 15 is 0 Å². The summed E-state index contributed by atoms with van der Waals surface area (Å²) >= 11 is 0. The Morgan fingerprint density at radius 2 is 1.55 bits per heavy atom. The Labute approximate surface area is 118 Å². The first-order chi connectivity index (χ1) is 9.54. The molecule has 3 aromatic rings. The van der Waals surface area contributed by atoms with Crippen molar-refractivity contribution in [3.05, 3.63) is 53.6 Å². The fourth-order valence-corrected chi connectivity index (χ4v) is 2.57. The molecule has 0 heterocycles. The van der Waals surface area contributed by atoms with E-state index < -0.39 is 0 Å². The molecule has 0 aromatic heterocycles. The largest absolute Gasteiger partial charge is 0.425 e. The van der Waals surface area contributed by atoms with Gasteiger partial charge in [0.15, 0.2) is 0 Å². The van der Waals surface area contributed by atoms with Crippen LogP contribution in [0.25, 0.3) is 21.5 Å². The van der Waals surface area contributed by atoms with Crippen LogP contribution in [0.2, 0.25) is 0 Å². The predicted molar refractivity (Wildman–Crippen MR) is 82.2 cm³/mol. The van der Waals surface area contributed by atoms with Gasteiger partial charge in [0, 0.05) is 17.7 Å². The first-order valence-corrected chi connectivity index (χ1v) is 6.67. The minimum absolute atomic E-state index is 0.291. The van der Waals surface area contributed by atoms with Crippen LogP contribution < -0.4 is 4.74 Å². The fourth-order valence-electron chi connectivity index (χ4n) is 2.57. The summed E-state index contributed by atoms with van der Waals surface area (Å²) in [6.07, 6.45) is 0. The van der Waals surface area contributed by atoms with Crippen LogP contribution in [0.5, 0.6) is 5.75 Å². The average molecular weight is 264 g/mol. The highest BCUT2D eigenvalue weighted by Crippen LogP contribution is 2.36. The molecule has 0 bridgehead atoms. The summed E-state index contributed by atoms with van der Waals surface area (Å²) in [6.45, 7) is 5.54. The van der Waals surface area contributed by atoms with E-state index in [2.05, 4.69) is 37.3 Å². The number of carbonyl (C=O) groups is 1. The lowest BCUT2D eigenvalue weighted by Gasteiger charge is -2.12. The van der Waals surface area contributed by atoms with Gasteiger partial charge >= 0.3 is 5.97 Å². The van der Waals surface area contributed by atoms with Crippen LogP contribution in [0, 0.1) is 13.8 Å². The zero-order valence-electron chi connectivity index (χ0n) is 11.9. The molecule has 0 amide bonds. The van der Waals surface area contributed by atoms with Gasteiger partial charge in [-0.15, -0.1) is 0 Å². The zero-order valence-corrected chi connectivity index (χ0v) is 11.9.